The number of hydrogen-bond donors (Lipinski definition) is 2. The molecule has 178 valence electrons. The summed E-state index contributed by atoms with van der Waals surface area (Å²) in [4.78, 5) is 13.0. The molecule has 1 heterocycles. The number of anilines is 1. The number of carbonyl (C=O) groups excluding carboxylic acids is 1. The zero-order chi connectivity index (χ0) is 23.6. The summed E-state index contributed by atoms with van der Waals surface area (Å²) in [5.41, 5.74) is 1.26. The Bertz CT molecular complexity index is 1230. The standard InChI is InChI=1S/C23H29N3O5S2/c1-17-6-9-20(16-22(17)33(30,31)26-14-4-2-3-5-15-26)24-23(27)18-7-12-21(13-8-18)32(28,29)25-19-10-11-19/h6-9,12-13,16,19,25H,2-5,10-11,14-15H2,1H3,(H,24,27). The average molecular weight is 492 g/mol. The number of nitrogens with zero attached hydrogens (tertiary/aromatic N) is 1. The Kier molecular flexibility index (Phi) is 6.90. The second-order valence-corrected chi connectivity index (χ2v) is 12.3. The van der Waals surface area contributed by atoms with E-state index in [2.05, 4.69) is 10.0 Å². The van der Waals surface area contributed by atoms with Gasteiger partial charge in [-0.05, 0) is 74.6 Å². The van der Waals surface area contributed by atoms with Gasteiger partial charge in [0, 0.05) is 30.4 Å². The number of benzene rings is 2. The van der Waals surface area contributed by atoms with Crippen molar-refractivity contribution in [2.24, 2.45) is 0 Å². The van der Waals surface area contributed by atoms with Crippen LogP contribution in [0.4, 0.5) is 5.69 Å². The first-order valence-electron chi connectivity index (χ1n) is 11.2. The second kappa shape index (κ2) is 9.54. The minimum atomic E-state index is -3.66. The molecule has 0 bridgehead atoms. The molecule has 8 nitrogen and oxygen atoms in total. The molecule has 1 saturated carbocycles. The van der Waals surface area contributed by atoms with E-state index in [0.717, 1.165) is 38.5 Å². The largest absolute Gasteiger partial charge is 0.322 e. The quantitative estimate of drug-likeness (QED) is 0.617. The van der Waals surface area contributed by atoms with Gasteiger partial charge in [0.2, 0.25) is 20.0 Å². The first-order chi connectivity index (χ1) is 15.7. The smallest absolute Gasteiger partial charge is 0.255 e. The van der Waals surface area contributed by atoms with Crippen LogP contribution in [0.2, 0.25) is 0 Å². The lowest BCUT2D eigenvalue weighted by Gasteiger charge is -2.21. The van der Waals surface area contributed by atoms with E-state index in [-0.39, 0.29) is 21.4 Å². The summed E-state index contributed by atoms with van der Waals surface area (Å²) in [6.07, 6.45) is 5.42. The highest BCUT2D eigenvalue weighted by Gasteiger charge is 2.29. The number of sulfonamides is 2. The van der Waals surface area contributed by atoms with Gasteiger partial charge < -0.3 is 5.32 Å². The molecule has 2 aliphatic rings. The predicted octanol–water partition coefficient (Wildman–Crippen LogP) is 3.25. The highest BCUT2D eigenvalue weighted by molar-refractivity contribution is 7.89. The van der Waals surface area contributed by atoms with Crippen molar-refractivity contribution in [1.82, 2.24) is 9.03 Å². The van der Waals surface area contributed by atoms with Gasteiger partial charge in [0.05, 0.1) is 9.79 Å². The molecular weight excluding hydrogens is 462 g/mol. The van der Waals surface area contributed by atoms with E-state index in [9.17, 15) is 21.6 Å². The SMILES string of the molecule is Cc1ccc(NC(=O)c2ccc(S(=O)(=O)NC3CC3)cc2)cc1S(=O)(=O)N1CCCCCC1. The Labute approximate surface area is 195 Å². The van der Waals surface area contributed by atoms with E-state index in [1.54, 1.807) is 19.1 Å². The van der Waals surface area contributed by atoms with Crippen molar-refractivity contribution in [3.8, 4) is 0 Å². The molecule has 1 aliphatic heterocycles. The highest BCUT2D eigenvalue weighted by Crippen LogP contribution is 2.26. The first-order valence-corrected chi connectivity index (χ1v) is 14.1. The zero-order valence-electron chi connectivity index (χ0n) is 18.6. The van der Waals surface area contributed by atoms with Crippen LogP contribution >= 0.6 is 0 Å². The number of amides is 1. The zero-order valence-corrected chi connectivity index (χ0v) is 20.2. The summed E-state index contributed by atoms with van der Waals surface area (Å²) in [7, 11) is -7.25. The minimum Gasteiger partial charge on any atom is -0.322 e. The monoisotopic (exact) mass is 491 g/mol. The summed E-state index contributed by atoms with van der Waals surface area (Å²) < 4.78 is 55.2. The van der Waals surface area contributed by atoms with Crippen molar-refractivity contribution in [3.63, 3.8) is 0 Å². The van der Waals surface area contributed by atoms with Gasteiger partial charge in [0.15, 0.2) is 0 Å². The molecule has 0 unspecified atom stereocenters. The van der Waals surface area contributed by atoms with Gasteiger partial charge in [-0.25, -0.2) is 21.6 Å². The first kappa shape index (κ1) is 23.9. The van der Waals surface area contributed by atoms with Crippen LogP contribution in [0.3, 0.4) is 0 Å². The Morgan fingerprint density at radius 2 is 1.55 bits per heavy atom. The fraction of sp³-hybridized carbons (Fsp3) is 0.435. The van der Waals surface area contributed by atoms with Gasteiger partial charge in [0.1, 0.15) is 0 Å². The minimum absolute atomic E-state index is 0.000647. The molecule has 0 atom stereocenters. The molecule has 2 fully saturated rings. The molecule has 1 saturated heterocycles. The summed E-state index contributed by atoms with van der Waals surface area (Å²) in [5, 5.41) is 2.73. The van der Waals surface area contributed by atoms with Gasteiger partial charge in [-0.2, -0.15) is 4.31 Å². The van der Waals surface area contributed by atoms with E-state index >= 15 is 0 Å². The van der Waals surface area contributed by atoms with Crippen LogP contribution in [0.25, 0.3) is 0 Å². The van der Waals surface area contributed by atoms with E-state index < -0.39 is 26.0 Å². The van der Waals surface area contributed by atoms with Crippen LogP contribution in [-0.2, 0) is 20.0 Å². The summed E-state index contributed by atoms with van der Waals surface area (Å²) >= 11 is 0. The van der Waals surface area contributed by atoms with E-state index in [1.165, 1.54) is 34.6 Å². The Balaban J connectivity index is 1.50. The number of rotatable bonds is 7. The molecule has 33 heavy (non-hydrogen) atoms. The van der Waals surface area contributed by atoms with Crippen molar-refractivity contribution < 1.29 is 21.6 Å². The van der Waals surface area contributed by atoms with Gasteiger partial charge in [-0.15, -0.1) is 0 Å². The maximum atomic E-state index is 13.2. The lowest BCUT2D eigenvalue weighted by molar-refractivity contribution is 0.102. The van der Waals surface area contributed by atoms with Crippen molar-refractivity contribution >= 4 is 31.6 Å². The third-order valence-electron chi connectivity index (χ3n) is 5.95. The van der Waals surface area contributed by atoms with Crippen LogP contribution < -0.4 is 10.0 Å². The highest BCUT2D eigenvalue weighted by atomic mass is 32.2. The average Bonchev–Trinajstić information content (AvgIpc) is 3.61. The number of nitrogens with one attached hydrogen (secondary N) is 2. The molecule has 2 N–H and O–H groups in total. The number of hydrogen-bond acceptors (Lipinski definition) is 5. The maximum absolute atomic E-state index is 13.2. The summed E-state index contributed by atoms with van der Waals surface area (Å²) in [6, 6.07) is 10.5. The van der Waals surface area contributed by atoms with Gasteiger partial charge in [-0.1, -0.05) is 18.9 Å². The van der Waals surface area contributed by atoms with E-state index in [0.29, 0.717) is 24.3 Å². The van der Waals surface area contributed by atoms with E-state index in [4.69, 9.17) is 0 Å². The van der Waals surface area contributed by atoms with Crippen LogP contribution in [0.1, 0.15) is 54.4 Å². The maximum Gasteiger partial charge on any atom is 0.255 e. The van der Waals surface area contributed by atoms with E-state index in [1.807, 2.05) is 0 Å². The predicted molar refractivity (Wildman–Crippen MR) is 126 cm³/mol. The summed E-state index contributed by atoms with van der Waals surface area (Å²) in [5.74, 6) is -0.448. The van der Waals surface area contributed by atoms with Crippen LogP contribution in [-0.4, -0.2) is 46.2 Å². The molecule has 0 radical (unpaired) electrons. The molecule has 2 aromatic carbocycles. The Hall–Kier alpha value is -2.27. The molecule has 0 spiro atoms. The van der Waals surface area contributed by atoms with Gasteiger partial charge in [0.25, 0.3) is 5.91 Å². The molecule has 2 aromatic rings. The van der Waals surface area contributed by atoms with Crippen molar-refractivity contribution in [1.29, 1.82) is 0 Å². The fourth-order valence-corrected chi connectivity index (χ4v) is 6.93. The lowest BCUT2D eigenvalue weighted by Crippen LogP contribution is -2.32. The van der Waals surface area contributed by atoms with Crippen LogP contribution in [0.15, 0.2) is 52.3 Å². The Morgan fingerprint density at radius 3 is 2.15 bits per heavy atom. The molecule has 0 aromatic heterocycles. The molecular formula is C23H29N3O5S2. The topological polar surface area (TPSA) is 113 Å². The molecule has 10 heteroatoms. The molecule has 4 rings (SSSR count). The van der Waals surface area contributed by atoms with Crippen LogP contribution in [0.5, 0.6) is 0 Å². The third-order valence-corrected chi connectivity index (χ3v) is 9.53. The summed E-state index contributed by atoms with van der Waals surface area (Å²) in [6.45, 7) is 2.75. The molecule has 1 amide bonds. The fourth-order valence-electron chi connectivity index (χ4n) is 3.85. The van der Waals surface area contributed by atoms with Crippen molar-refractivity contribution in [3.05, 3.63) is 53.6 Å². The van der Waals surface area contributed by atoms with Crippen molar-refractivity contribution in [2.45, 2.75) is 61.3 Å². The normalized spacial score (nSPS) is 18.0. The number of carbonyl (C=O) groups is 1. The lowest BCUT2D eigenvalue weighted by atomic mass is 10.2. The van der Waals surface area contributed by atoms with Crippen molar-refractivity contribution in [2.75, 3.05) is 18.4 Å². The second-order valence-electron chi connectivity index (χ2n) is 8.67. The molecule has 1 aliphatic carbocycles. The van der Waals surface area contributed by atoms with Crippen LogP contribution in [0, 0.1) is 6.92 Å². The number of aryl methyl sites for hydroxylation is 1. The third kappa shape index (κ3) is 5.63. The Morgan fingerprint density at radius 1 is 0.909 bits per heavy atom. The van der Waals surface area contributed by atoms with Gasteiger partial charge >= 0.3 is 0 Å². The van der Waals surface area contributed by atoms with Gasteiger partial charge in [-0.3, -0.25) is 4.79 Å².